The molecule has 0 saturated carbocycles. The number of aliphatic hydroxyl groups excluding tert-OH is 1. The third kappa shape index (κ3) is 5.50. The van der Waals surface area contributed by atoms with Gasteiger partial charge in [0.2, 0.25) is 5.91 Å². The zero-order valence-corrected chi connectivity index (χ0v) is 12.9. The molecule has 0 aromatic carbocycles. The molecule has 2 rings (SSSR count). The number of hydrogen-bond acceptors (Lipinski definition) is 4. The highest BCUT2D eigenvalue weighted by Gasteiger charge is 2.15. The third-order valence-electron chi connectivity index (χ3n) is 3.46. The average molecular weight is 307 g/mol. The van der Waals surface area contributed by atoms with Crippen LogP contribution in [0.4, 0.5) is 0 Å². The lowest BCUT2D eigenvalue weighted by atomic mass is 10.0. The number of rotatable bonds is 5. The first-order chi connectivity index (χ1) is 10.3. The minimum Gasteiger partial charge on any atom is -0.384 e. The summed E-state index contributed by atoms with van der Waals surface area (Å²) in [4.78, 5) is 12.9. The van der Waals surface area contributed by atoms with Crippen LogP contribution in [0, 0.1) is 11.8 Å². The van der Waals surface area contributed by atoms with Crippen LogP contribution in [0.5, 0.6) is 0 Å². The Balaban J connectivity index is 1.72. The number of carbonyl (C=O) groups excluding carboxylic acids is 1. The molecule has 0 spiro atoms. The highest BCUT2D eigenvalue weighted by molar-refractivity contribution is 7.10. The molecule has 1 aliphatic heterocycles. The van der Waals surface area contributed by atoms with Gasteiger partial charge in [0.1, 0.15) is 6.61 Å². The second kappa shape index (κ2) is 8.83. The molecule has 0 aliphatic carbocycles. The predicted molar refractivity (Wildman–Crippen MR) is 83.0 cm³/mol. The highest BCUT2D eigenvalue weighted by atomic mass is 32.1. The Morgan fingerprint density at radius 1 is 1.52 bits per heavy atom. The minimum absolute atomic E-state index is 0.0543. The molecule has 1 aromatic rings. The first-order valence-corrected chi connectivity index (χ1v) is 8.22. The fraction of sp³-hybridized carbons (Fsp3) is 0.562. The molecule has 1 aromatic heterocycles. The van der Waals surface area contributed by atoms with Crippen molar-refractivity contribution in [3.63, 3.8) is 0 Å². The van der Waals surface area contributed by atoms with Crippen LogP contribution in [0.25, 0.3) is 0 Å². The molecule has 0 bridgehead atoms. The topological polar surface area (TPSA) is 58.6 Å². The molecule has 5 heteroatoms. The van der Waals surface area contributed by atoms with Crippen molar-refractivity contribution in [1.29, 1.82) is 0 Å². The lowest BCUT2D eigenvalue weighted by Gasteiger charge is -2.22. The van der Waals surface area contributed by atoms with Crippen LogP contribution in [-0.2, 0) is 16.1 Å². The van der Waals surface area contributed by atoms with Gasteiger partial charge < -0.3 is 15.2 Å². The smallest absolute Gasteiger partial charge is 0.220 e. The first kappa shape index (κ1) is 16.0. The summed E-state index contributed by atoms with van der Waals surface area (Å²) in [6.07, 6.45) is 4.96. The van der Waals surface area contributed by atoms with E-state index in [0.29, 0.717) is 13.0 Å². The monoisotopic (exact) mass is 307 g/mol. The average Bonchev–Trinajstić information content (AvgIpc) is 2.97. The Kier molecular flexibility index (Phi) is 6.74. The van der Waals surface area contributed by atoms with Gasteiger partial charge in [-0.15, -0.1) is 11.3 Å². The van der Waals surface area contributed by atoms with Crippen molar-refractivity contribution in [3.8, 4) is 11.8 Å². The van der Waals surface area contributed by atoms with E-state index in [2.05, 4.69) is 17.2 Å². The Morgan fingerprint density at radius 2 is 2.43 bits per heavy atom. The first-order valence-electron chi connectivity index (χ1n) is 7.34. The standard InChI is InChI=1S/C16H21NO3S/c18-9-3-4-13-8-11-21-15(13)12-17-16(19)7-6-14-5-1-2-10-20-14/h8,11,14,18H,1-2,5-7,9-10,12H2,(H,17,19). The number of nitrogens with one attached hydrogen (secondary N) is 1. The van der Waals surface area contributed by atoms with Gasteiger partial charge in [-0.2, -0.15) is 0 Å². The van der Waals surface area contributed by atoms with Gasteiger partial charge in [-0.25, -0.2) is 0 Å². The van der Waals surface area contributed by atoms with Crippen LogP contribution in [0.15, 0.2) is 11.4 Å². The van der Waals surface area contributed by atoms with Crippen molar-refractivity contribution in [2.24, 2.45) is 0 Å². The lowest BCUT2D eigenvalue weighted by Crippen LogP contribution is -2.26. The van der Waals surface area contributed by atoms with E-state index in [9.17, 15) is 4.79 Å². The summed E-state index contributed by atoms with van der Waals surface area (Å²) < 4.78 is 5.62. The van der Waals surface area contributed by atoms with Crippen molar-refractivity contribution in [2.75, 3.05) is 13.2 Å². The van der Waals surface area contributed by atoms with Crippen LogP contribution in [0.3, 0.4) is 0 Å². The predicted octanol–water partition coefficient (Wildman–Crippen LogP) is 2.06. The van der Waals surface area contributed by atoms with E-state index in [1.807, 2.05) is 11.4 Å². The normalized spacial score (nSPS) is 17.9. The summed E-state index contributed by atoms with van der Waals surface area (Å²) in [5, 5.41) is 13.6. The molecular weight excluding hydrogens is 286 g/mol. The molecule has 114 valence electrons. The van der Waals surface area contributed by atoms with Crippen LogP contribution < -0.4 is 5.32 Å². The fourth-order valence-corrected chi connectivity index (χ4v) is 3.09. The zero-order valence-electron chi connectivity index (χ0n) is 12.1. The molecule has 2 heterocycles. The Morgan fingerprint density at radius 3 is 3.19 bits per heavy atom. The molecule has 0 radical (unpaired) electrons. The summed E-state index contributed by atoms with van der Waals surface area (Å²) in [5.41, 5.74) is 0.880. The lowest BCUT2D eigenvalue weighted by molar-refractivity contribution is -0.122. The van der Waals surface area contributed by atoms with Gasteiger partial charge in [-0.05, 0) is 37.1 Å². The summed E-state index contributed by atoms with van der Waals surface area (Å²) >= 11 is 1.56. The Bertz CT molecular complexity index is 509. The molecule has 1 aliphatic rings. The molecule has 1 saturated heterocycles. The van der Waals surface area contributed by atoms with Gasteiger partial charge in [0.05, 0.1) is 12.6 Å². The quantitative estimate of drug-likeness (QED) is 0.819. The Labute approximate surface area is 129 Å². The van der Waals surface area contributed by atoms with E-state index in [1.54, 1.807) is 11.3 Å². The minimum atomic E-state index is -0.150. The number of carbonyl (C=O) groups is 1. The summed E-state index contributed by atoms with van der Waals surface area (Å²) in [5.74, 6) is 5.57. The van der Waals surface area contributed by atoms with E-state index < -0.39 is 0 Å². The van der Waals surface area contributed by atoms with Gasteiger partial charge in [-0.1, -0.05) is 11.8 Å². The largest absolute Gasteiger partial charge is 0.384 e. The van der Waals surface area contributed by atoms with Crippen molar-refractivity contribution in [1.82, 2.24) is 5.32 Å². The van der Waals surface area contributed by atoms with Crippen LogP contribution in [-0.4, -0.2) is 30.3 Å². The van der Waals surface area contributed by atoms with E-state index in [0.717, 1.165) is 36.3 Å². The number of aliphatic hydroxyl groups is 1. The van der Waals surface area contributed by atoms with E-state index in [-0.39, 0.29) is 18.6 Å². The molecule has 1 amide bonds. The number of thiophene rings is 1. The van der Waals surface area contributed by atoms with Crippen molar-refractivity contribution in [3.05, 3.63) is 21.9 Å². The number of hydrogen-bond donors (Lipinski definition) is 2. The molecule has 21 heavy (non-hydrogen) atoms. The SMILES string of the molecule is O=C(CCC1CCCCO1)NCc1sccc1C#CCO. The summed E-state index contributed by atoms with van der Waals surface area (Å²) in [7, 11) is 0. The fourth-order valence-electron chi connectivity index (χ4n) is 2.32. The Hall–Kier alpha value is -1.35. The molecule has 1 atom stereocenters. The van der Waals surface area contributed by atoms with E-state index in [1.165, 1.54) is 6.42 Å². The zero-order chi connectivity index (χ0) is 14.9. The molecule has 1 fully saturated rings. The maximum Gasteiger partial charge on any atom is 0.220 e. The van der Waals surface area contributed by atoms with Gasteiger partial charge in [0.25, 0.3) is 0 Å². The number of ether oxygens (including phenoxy) is 1. The second-order valence-electron chi connectivity index (χ2n) is 5.02. The van der Waals surface area contributed by atoms with Crippen molar-refractivity contribution < 1.29 is 14.6 Å². The summed E-state index contributed by atoms with van der Waals surface area (Å²) in [6, 6.07) is 1.91. The molecular formula is C16H21NO3S. The molecule has 1 unspecified atom stereocenters. The highest BCUT2D eigenvalue weighted by Crippen LogP contribution is 2.18. The second-order valence-corrected chi connectivity index (χ2v) is 6.02. The maximum absolute atomic E-state index is 11.9. The van der Waals surface area contributed by atoms with Gasteiger partial charge in [-0.3, -0.25) is 4.79 Å². The van der Waals surface area contributed by atoms with Gasteiger partial charge in [0, 0.05) is 23.5 Å². The van der Waals surface area contributed by atoms with Gasteiger partial charge >= 0.3 is 0 Å². The van der Waals surface area contributed by atoms with E-state index in [4.69, 9.17) is 9.84 Å². The summed E-state index contributed by atoms with van der Waals surface area (Å²) in [6.45, 7) is 1.18. The van der Waals surface area contributed by atoms with E-state index >= 15 is 0 Å². The molecule has 2 N–H and O–H groups in total. The maximum atomic E-state index is 11.9. The van der Waals surface area contributed by atoms with Crippen LogP contribution in [0.1, 0.15) is 42.5 Å². The molecule has 4 nitrogen and oxygen atoms in total. The van der Waals surface area contributed by atoms with Crippen molar-refractivity contribution in [2.45, 2.75) is 44.8 Å². The number of amides is 1. The van der Waals surface area contributed by atoms with Crippen molar-refractivity contribution >= 4 is 17.2 Å². The van der Waals surface area contributed by atoms with Crippen LogP contribution in [0.2, 0.25) is 0 Å². The third-order valence-corrected chi connectivity index (χ3v) is 4.38. The van der Waals surface area contributed by atoms with Crippen LogP contribution >= 0.6 is 11.3 Å². The van der Waals surface area contributed by atoms with Gasteiger partial charge in [0.15, 0.2) is 0 Å².